The molecule has 0 atom stereocenters. The highest BCUT2D eigenvalue weighted by Gasteiger charge is 2.15. The molecule has 0 unspecified atom stereocenters. The van der Waals surface area contributed by atoms with Crippen LogP contribution in [0.2, 0.25) is 0 Å². The zero-order valence-electron chi connectivity index (χ0n) is 16.9. The predicted octanol–water partition coefficient (Wildman–Crippen LogP) is 3.56. The van der Waals surface area contributed by atoms with Gasteiger partial charge >= 0.3 is 5.97 Å². The number of ether oxygens (including phenoxy) is 3. The Hall–Kier alpha value is -3.35. The Bertz CT molecular complexity index is 906. The van der Waals surface area contributed by atoms with Gasteiger partial charge in [-0.25, -0.2) is 0 Å². The zero-order valence-corrected chi connectivity index (χ0v) is 16.9. The monoisotopic (exact) mass is 411 g/mol. The Morgan fingerprint density at radius 2 is 1.70 bits per heavy atom. The minimum atomic E-state index is -0.594. The summed E-state index contributed by atoms with van der Waals surface area (Å²) >= 11 is 0. The standard InChI is InChI=1S/C23H25NO6/c1-2-3-16-4-6-17(7-5-16)19(25)9-11-23(27)30-15-22(26)24-18-8-10-20-21(14-18)29-13-12-28-20/h4-8,10,14H,2-3,9,11-13,15H2,1H3,(H,24,26). The molecule has 2 aromatic rings. The molecule has 7 heteroatoms. The van der Waals surface area contributed by atoms with E-state index in [4.69, 9.17) is 14.2 Å². The number of carbonyl (C=O) groups is 3. The number of hydrogen-bond donors (Lipinski definition) is 1. The topological polar surface area (TPSA) is 90.9 Å². The van der Waals surface area contributed by atoms with Crippen LogP contribution in [-0.4, -0.2) is 37.5 Å². The molecule has 0 radical (unpaired) electrons. The average molecular weight is 411 g/mol. The van der Waals surface area contributed by atoms with Gasteiger partial charge in [0, 0.05) is 23.7 Å². The zero-order chi connectivity index (χ0) is 21.3. The summed E-state index contributed by atoms with van der Waals surface area (Å²) in [5.41, 5.74) is 2.26. The summed E-state index contributed by atoms with van der Waals surface area (Å²) in [4.78, 5) is 36.1. The quantitative estimate of drug-likeness (QED) is 0.501. The largest absolute Gasteiger partial charge is 0.486 e. The first-order valence-corrected chi connectivity index (χ1v) is 10.0. The summed E-state index contributed by atoms with van der Waals surface area (Å²) in [5.74, 6) is -0.0236. The van der Waals surface area contributed by atoms with Gasteiger partial charge in [-0.15, -0.1) is 0 Å². The molecule has 0 saturated heterocycles. The van der Waals surface area contributed by atoms with E-state index in [0.29, 0.717) is 36.0 Å². The lowest BCUT2D eigenvalue weighted by Crippen LogP contribution is -2.21. The van der Waals surface area contributed by atoms with Crippen LogP contribution < -0.4 is 14.8 Å². The third-order valence-electron chi connectivity index (χ3n) is 4.56. The lowest BCUT2D eigenvalue weighted by Gasteiger charge is -2.19. The van der Waals surface area contributed by atoms with Crippen LogP contribution in [0.25, 0.3) is 0 Å². The van der Waals surface area contributed by atoms with Gasteiger partial charge in [0.2, 0.25) is 0 Å². The number of anilines is 1. The molecule has 1 aliphatic heterocycles. The lowest BCUT2D eigenvalue weighted by atomic mass is 10.0. The van der Waals surface area contributed by atoms with Crippen LogP contribution in [0.3, 0.4) is 0 Å². The Balaban J connectivity index is 1.39. The molecule has 158 valence electrons. The molecule has 2 aromatic carbocycles. The summed E-state index contributed by atoms with van der Waals surface area (Å²) in [5, 5.41) is 2.64. The Kier molecular flexibility index (Phi) is 7.43. The molecule has 1 heterocycles. The van der Waals surface area contributed by atoms with Crippen LogP contribution in [0.1, 0.15) is 42.1 Å². The molecule has 30 heavy (non-hydrogen) atoms. The number of aryl methyl sites for hydroxylation is 1. The highest BCUT2D eigenvalue weighted by molar-refractivity contribution is 5.98. The Labute approximate surface area is 175 Å². The van der Waals surface area contributed by atoms with E-state index in [1.54, 1.807) is 30.3 Å². The molecule has 0 aliphatic carbocycles. The van der Waals surface area contributed by atoms with E-state index in [-0.39, 0.29) is 18.6 Å². The highest BCUT2D eigenvalue weighted by Crippen LogP contribution is 2.32. The number of nitrogens with one attached hydrogen (secondary N) is 1. The summed E-state index contributed by atoms with van der Waals surface area (Å²) in [6.45, 7) is 2.61. The number of ketones is 1. The second-order valence-electron chi connectivity index (χ2n) is 6.94. The molecular weight excluding hydrogens is 386 g/mol. The summed E-state index contributed by atoms with van der Waals surface area (Å²) in [7, 11) is 0. The molecule has 0 fully saturated rings. The summed E-state index contributed by atoms with van der Waals surface area (Å²) in [6, 6.07) is 12.4. The highest BCUT2D eigenvalue weighted by atomic mass is 16.6. The maximum Gasteiger partial charge on any atom is 0.306 e. The van der Waals surface area contributed by atoms with E-state index in [1.165, 1.54) is 5.56 Å². The lowest BCUT2D eigenvalue weighted by molar-refractivity contribution is -0.147. The number of hydrogen-bond acceptors (Lipinski definition) is 6. The van der Waals surface area contributed by atoms with E-state index in [9.17, 15) is 14.4 Å². The molecule has 7 nitrogen and oxygen atoms in total. The van der Waals surface area contributed by atoms with Gasteiger partial charge in [0.05, 0.1) is 6.42 Å². The maximum absolute atomic E-state index is 12.2. The SMILES string of the molecule is CCCc1ccc(C(=O)CCC(=O)OCC(=O)Nc2ccc3c(c2)OCCO3)cc1. The minimum absolute atomic E-state index is 0.0374. The van der Waals surface area contributed by atoms with Crippen molar-refractivity contribution in [3.63, 3.8) is 0 Å². The van der Waals surface area contributed by atoms with Crippen molar-refractivity contribution in [1.29, 1.82) is 0 Å². The van der Waals surface area contributed by atoms with E-state index in [2.05, 4.69) is 12.2 Å². The fraction of sp³-hybridized carbons (Fsp3) is 0.348. The molecule has 0 aromatic heterocycles. The van der Waals surface area contributed by atoms with Gasteiger partial charge in [0.25, 0.3) is 5.91 Å². The normalized spacial score (nSPS) is 12.2. The second-order valence-corrected chi connectivity index (χ2v) is 6.94. The minimum Gasteiger partial charge on any atom is -0.486 e. The maximum atomic E-state index is 12.2. The molecule has 3 rings (SSSR count). The number of fused-ring (bicyclic) bond motifs is 1. The number of amides is 1. The van der Waals surface area contributed by atoms with Gasteiger partial charge in [-0.3, -0.25) is 14.4 Å². The molecule has 1 amide bonds. The fourth-order valence-corrected chi connectivity index (χ4v) is 3.04. The van der Waals surface area contributed by atoms with Gasteiger partial charge in [0.1, 0.15) is 13.2 Å². The molecule has 0 bridgehead atoms. The van der Waals surface area contributed by atoms with Crippen LogP contribution in [-0.2, 0) is 20.7 Å². The van der Waals surface area contributed by atoms with E-state index in [0.717, 1.165) is 12.8 Å². The summed E-state index contributed by atoms with van der Waals surface area (Å²) < 4.78 is 15.8. The summed E-state index contributed by atoms with van der Waals surface area (Å²) in [6.07, 6.45) is 1.97. The third-order valence-corrected chi connectivity index (χ3v) is 4.56. The van der Waals surface area contributed by atoms with Crippen molar-refractivity contribution in [2.45, 2.75) is 32.6 Å². The van der Waals surface area contributed by atoms with Crippen molar-refractivity contribution >= 4 is 23.3 Å². The number of rotatable bonds is 9. The van der Waals surface area contributed by atoms with Gasteiger partial charge in [-0.2, -0.15) is 0 Å². The van der Waals surface area contributed by atoms with Crippen molar-refractivity contribution in [2.75, 3.05) is 25.1 Å². The van der Waals surface area contributed by atoms with E-state index >= 15 is 0 Å². The van der Waals surface area contributed by atoms with Crippen molar-refractivity contribution in [1.82, 2.24) is 0 Å². The first-order valence-electron chi connectivity index (χ1n) is 10.0. The molecular formula is C23H25NO6. The van der Waals surface area contributed by atoms with E-state index in [1.807, 2.05) is 12.1 Å². The van der Waals surface area contributed by atoms with Gasteiger partial charge in [-0.1, -0.05) is 37.6 Å². The average Bonchev–Trinajstić information content (AvgIpc) is 2.76. The van der Waals surface area contributed by atoms with Crippen LogP contribution >= 0.6 is 0 Å². The molecule has 1 N–H and O–H groups in total. The van der Waals surface area contributed by atoms with Crippen molar-refractivity contribution in [3.8, 4) is 11.5 Å². The van der Waals surface area contributed by atoms with Gasteiger partial charge < -0.3 is 19.5 Å². The Morgan fingerprint density at radius 3 is 2.43 bits per heavy atom. The van der Waals surface area contributed by atoms with Gasteiger partial charge in [-0.05, 0) is 24.1 Å². The van der Waals surface area contributed by atoms with Gasteiger partial charge in [0.15, 0.2) is 23.9 Å². The van der Waals surface area contributed by atoms with Crippen LogP contribution in [0.15, 0.2) is 42.5 Å². The number of carbonyl (C=O) groups excluding carboxylic acids is 3. The molecule has 1 aliphatic rings. The third kappa shape index (κ3) is 6.07. The Morgan fingerprint density at radius 1 is 0.967 bits per heavy atom. The van der Waals surface area contributed by atoms with Crippen molar-refractivity contribution < 1.29 is 28.6 Å². The van der Waals surface area contributed by atoms with Crippen molar-refractivity contribution in [3.05, 3.63) is 53.6 Å². The number of Topliss-reactive ketones (excluding diaryl/α,β-unsaturated/α-hetero) is 1. The first kappa shape index (κ1) is 21.4. The van der Waals surface area contributed by atoms with Crippen LogP contribution in [0.5, 0.6) is 11.5 Å². The second kappa shape index (κ2) is 10.4. The van der Waals surface area contributed by atoms with Crippen molar-refractivity contribution in [2.24, 2.45) is 0 Å². The number of esters is 1. The number of benzene rings is 2. The van der Waals surface area contributed by atoms with E-state index < -0.39 is 18.5 Å². The predicted molar refractivity (Wildman–Crippen MR) is 111 cm³/mol. The molecule has 0 saturated carbocycles. The smallest absolute Gasteiger partial charge is 0.306 e. The first-order chi connectivity index (χ1) is 14.5. The van der Waals surface area contributed by atoms with Crippen LogP contribution in [0, 0.1) is 0 Å². The molecule has 0 spiro atoms. The van der Waals surface area contributed by atoms with Crippen LogP contribution in [0.4, 0.5) is 5.69 Å². The fourth-order valence-electron chi connectivity index (χ4n) is 3.04.